The largest absolute Gasteiger partial charge is 0.550 e. The average molecular weight is 217 g/mol. The van der Waals surface area contributed by atoms with E-state index in [0.29, 0.717) is 0 Å². The van der Waals surface area contributed by atoms with Crippen molar-refractivity contribution in [1.82, 2.24) is 0 Å². The summed E-state index contributed by atoms with van der Waals surface area (Å²) in [6, 6.07) is 0. The predicted octanol–water partition coefficient (Wildman–Crippen LogP) is -2.68. The van der Waals surface area contributed by atoms with Gasteiger partial charge in [0.15, 0.2) is 6.29 Å². The van der Waals surface area contributed by atoms with Crippen molar-refractivity contribution < 1.29 is 29.6 Å². The molecule has 2 rings (SSSR count). The molecule has 2 fully saturated rings. The zero-order chi connectivity index (χ0) is 11.2. The number of aliphatic hydroxyl groups is 2. The van der Waals surface area contributed by atoms with Crippen molar-refractivity contribution in [3.05, 3.63) is 0 Å². The van der Waals surface area contributed by atoms with E-state index in [1.807, 2.05) is 0 Å². The second kappa shape index (κ2) is 3.71. The molecule has 6 nitrogen and oxygen atoms in total. The van der Waals surface area contributed by atoms with Gasteiger partial charge in [-0.2, -0.15) is 0 Å². The Morgan fingerprint density at radius 1 is 1.53 bits per heavy atom. The number of ether oxygens (including phenoxy) is 2. The van der Waals surface area contributed by atoms with Gasteiger partial charge < -0.3 is 29.6 Å². The number of aliphatic hydroxyl groups excluding tert-OH is 2. The van der Waals surface area contributed by atoms with Crippen LogP contribution in [0.15, 0.2) is 0 Å². The third kappa shape index (κ3) is 1.53. The lowest BCUT2D eigenvalue weighted by atomic mass is 10.0. The zero-order valence-corrected chi connectivity index (χ0v) is 8.20. The van der Waals surface area contributed by atoms with E-state index in [2.05, 4.69) is 0 Å². The van der Waals surface area contributed by atoms with Gasteiger partial charge in [-0.15, -0.1) is 0 Å². The smallest absolute Gasteiger partial charge is 0.161 e. The van der Waals surface area contributed by atoms with E-state index in [1.54, 1.807) is 0 Å². The van der Waals surface area contributed by atoms with E-state index in [0.717, 1.165) is 0 Å². The number of aliphatic carboxylic acids is 1. The predicted molar refractivity (Wildman–Crippen MR) is 44.2 cm³/mol. The van der Waals surface area contributed by atoms with E-state index in [9.17, 15) is 15.0 Å². The fraction of sp³-hybridized carbons (Fsp3) is 0.889. The van der Waals surface area contributed by atoms with E-state index in [1.165, 1.54) is 7.11 Å². The third-order valence-corrected chi connectivity index (χ3v) is 3.22. The van der Waals surface area contributed by atoms with Gasteiger partial charge in [0, 0.05) is 30.8 Å². The van der Waals surface area contributed by atoms with Gasteiger partial charge in [-0.25, -0.2) is 0 Å². The third-order valence-electron chi connectivity index (χ3n) is 3.22. The molecule has 86 valence electrons. The first kappa shape index (κ1) is 10.8. The first-order chi connectivity index (χ1) is 7.11. The van der Waals surface area contributed by atoms with Crippen molar-refractivity contribution >= 4 is 5.97 Å². The van der Waals surface area contributed by atoms with Crippen LogP contribution < -0.4 is 5.11 Å². The summed E-state index contributed by atoms with van der Waals surface area (Å²) in [5.74, 6) is -2.72. The van der Waals surface area contributed by atoms with E-state index in [4.69, 9.17) is 14.6 Å². The van der Waals surface area contributed by atoms with E-state index >= 15 is 0 Å². The van der Waals surface area contributed by atoms with Gasteiger partial charge in [0.25, 0.3) is 0 Å². The fourth-order valence-corrected chi connectivity index (χ4v) is 2.42. The van der Waals surface area contributed by atoms with Crippen LogP contribution in [0.25, 0.3) is 0 Å². The Balaban J connectivity index is 2.13. The van der Waals surface area contributed by atoms with Crippen molar-refractivity contribution in [2.45, 2.75) is 18.5 Å². The van der Waals surface area contributed by atoms with Crippen LogP contribution in [0.3, 0.4) is 0 Å². The Bertz CT molecular complexity index is 267. The summed E-state index contributed by atoms with van der Waals surface area (Å²) in [5.41, 5.74) is 0. The Labute approximate surface area is 86.4 Å². The number of carboxylic acids is 1. The maximum Gasteiger partial charge on any atom is 0.161 e. The van der Waals surface area contributed by atoms with Crippen LogP contribution >= 0.6 is 0 Å². The van der Waals surface area contributed by atoms with Crippen LogP contribution in [0.1, 0.15) is 0 Å². The summed E-state index contributed by atoms with van der Waals surface area (Å²) in [6.07, 6.45) is -2.42. The van der Waals surface area contributed by atoms with Gasteiger partial charge in [0.1, 0.15) is 6.10 Å². The first-order valence-corrected chi connectivity index (χ1v) is 4.79. The van der Waals surface area contributed by atoms with Crippen molar-refractivity contribution in [1.29, 1.82) is 0 Å². The van der Waals surface area contributed by atoms with Gasteiger partial charge in [0.2, 0.25) is 0 Å². The van der Waals surface area contributed by atoms with Crippen molar-refractivity contribution in [2.24, 2.45) is 17.8 Å². The summed E-state index contributed by atoms with van der Waals surface area (Å²) in [6.45, 7) is -0.357. The fourth-order valence-electron chi connectivity index (χ4n) is 2.42. The quantitative estimate of drug-likeness (QED) is 0.534. The second-order valence-electron chi connectivity index (χ2n) is 3.95. The van der Waals surface area contributed by atoms with E-state index < -0.39 is 36.3 Å². The highest BCUT2D eigenvalue weighted by molar-refractivity contribution is 5.72. The molecule has 1 saturated heterocycles. The average Bonchev–Trinajstić information content (AvgIpc) is 2.94. The molecule has 1 aliphatic heterocycles. The van der Waals surface area contributed by atoms with Crippen LogP contribution in [0.4, 0.5) is 0 Å². The topological polar surface area (TPSA) is 99.1 Å². The van der Waals surface area contributed by atoms with Gasteiger partial charge in [-0.05, 0) is 0 Å². The first-order valence-electron chi connectivity index (χ1n) is 4.79. The summed E-state index contributed by atoms with van der Waals surface area (Å²) < 4.78 is 10.2. The Morgan fingerprint density at radius 2 is 2.20 bits per heavy atom. The maximum atomic E-state index is 10.7. The lowest BCUT2D eigenvalue weighted by Gasteiger charge is -2.31. The normalized spacial score (nSPS) is 48.5. The molecule has 0 aromatic carbocycles. The van der Waals surface area contributed by atoms with Crippen LogP contribution in [-0.2, 0) is 14.3 Å². The van der Waals surface area contributed by atoms with Gasteiger partial charge in [0.05, 0.1) is 12.7 Å². The number of fused-ring (bicyclic) bond motifs is 1. The Hall–Kier alpha value is -0.690. The Morgan fingerprint density at radius 3 is 2.67 bits per heavy atom. The highest BCUT2D eigenvalue weighted by Crippen LogP contribution is 2.55. The number of methoxy groups -OCH3 is 1. The standard InChI is InChI=1S/C9H14O6/c1-14-9-6-4(5(6)8(12)13)7(11)3(2-10)15-9/h3-7,9-11H,2H2,1H3,(H,12,13)/p-1/t3-,4?,5-,6-,7-,9+/m1/s1. The minimum Gasteiger partial charge on any atom is -0.550 e. The van der Waals surface area contributed by atoms with Crippen LogP contribution in [0.5, 0.6) is 0 Å². The van der Waals surface area contributed by atoms with Gasteiger partial charge in [-0.1, -0.05) is 0 Å². The van der Waals surface area contributed by atoms with Gasteiger partial charge in [-0.3, -0.25) is 0 Å². The minimum absolute atomic E-state index is 0.357. The number of carboxylic acid groups (broad SMARTS) is 1. The van der Waals surface area contributed by atoms with Crippen LogP contribution in [-0.4, -0.2) is 48.4 Å². The molecular weight excluding hydrogens is 204 g/mol. The van der Waals surface area contributed by atoms with Crippen molar-refractivity contribution in [3.63, 3.8) is 0 Å². The van der Waals surface area contributed by atoms with E-state index in [-0.39, 0.29) is 12.5 Å². The lowest BCUT2D eigenvalue weighted by molar-refractivity contribution is -0.309. The molecule has 2 aliphatic rings. The zero-order valence-electron chi connectivity index (χ0n) is 8.20. The number of hydrogen-bond donors (Lipinski definition) is 2. The summed E-state index contributed by atoms with van der Waals surface area (Å²) >= 11 is 0. The molecule has 1 saturated carbocycles. The molecule has 1 unspecified atom stereocenters. The summed E-state index contributed by atoms with van der Waals surface area (Å²) in [7, 11) is 1.40. The number of carbonyl (C=O) groups excluding carboxylic acids is 1. The highest BCUT2D eigenvalue weighted by Gasteiger charge is 2.64. The molecule has 0 bridgehead atoms. The minimum atomic E-state index is -1.20. The molecule has 1 heterocycles. The second-order valence-corrected chi connectivity index (χ2v) is 3.95. The van der Waals surface area contributed by atoms with Crippen molar-refractivity contribution in [2.75, 3.05) is 13.7 Å². The summed E-state index contributed by atoms with van der Waals surface area (Å²) in [4.78, 5) is 10.7. The number of hydrogen-bond acceptors (Lipinski definition) is 6. The van der Waals surface area contributed by atoms with Gasteiger partial charge >= 0.3 is 0 Å². The summed E-state index contributed by atoms with van der Waals surface area (Å²) in [5, 5.41) is 29.3. The SMILES string of the molecule is CO[C@H]1O[C@H](CO)[C@@H](O)C2[C@@H]1[C@@H]2C(=O)[O-]. The molecule has 1 aliphatic carbocycles. The molecule has 6 heteroatoms. The molecular formula is C9H13O6-. The van der Waals surface area contributed by atoms with Crippen LogP contribution in [0.2, 0.25) is 0 Å². The molecule has 6 atom stereocenters. The number of carbonyl (C=O) groups is 1. The lowest BCUT2D eigenvalue weighted by Crippen LogP contribution is -2.43. The Kier molecular flexibility index (Phi) is 2.68. The molecule has 0 aromatic heterocycles. The highest BCUT2D eigenvalue weighted by atomic mass is 16.7. The molecule has 0 aromatic rings. The molecule has 0 radical (unpaired) electrons. The molecule has 15 heavy (non-hydrogen) atoms. The maximum absolute atomic E-state index is 10.7. The molecule has 0 amide bonds. The molecule has 0 spiro atoms. The van der Waals surface area contributed by atoms with Crippen molar-refractivity contribution in [3.8, 4) is 0 Å². The number of rotatable bonds is 3. The molecule has 2 N–H and O–H groups in total. The monoisotopic (exact) mass is 217 g/mol. The van der Waals surface area contributed by atoms with Crippen LogP contribution in [0, 0.1) is 17.8 Å².